The van der Waals surface area contributed by atoms with Crippen molar-refractivity contribution in [2.45, 2.75) is 101 Å². The Bertz CT molecular complexity index is 533. The van der Waals surface area contributed by atoms with Crippen molar-refractivity contribution in [1.29, 1.82) is 0 Å². The number of ether oxygens (including phenoxy) is 1. The highest BCUT2D eigenvalue weighted by atomic mass is 32.2. The molecule has 4 nitrogen and oxygen atoms in total. The summed E-state index contributed by atoms with van der Waals surface area (Å²) in [5.41, 5.74) is -1.54. The topological polar surface area (TPSA) is 55.4 Å². The van der Waals surface area contributed by atoms with Crippen LogP contribution in [0.2, 0.25) is 0 Å². The molecule has 0 aliphatic carbocycles. The third-order valence-corrected chi connectivity index (χ3v) is 7.38. The van der Waals surface area contributed by atoms with Crippen LogP contribution in [0.15, 0.2) is 0 Å². The Hall–Kier alpha value is -0.710. The summed E-state index contributed by atoms with van der Waals surface area (Å²) in [6.45, 7) is 22.7. The molecular formula is C24H47NO3S. The minimum absolute atomic E-state index is 0.00523. The molecule has 0 radical (unpaired) electrons. The van der Waals surface area contributed by atoms with Crippen LogP contribution >= 0.6 is 11.8 Å². The van der Waals surface area contributed by atoms with Gasteiger partial charge in [-0.1, -0.05) is 48.0 Å². The van der Waals surface area contributed by atoms with Gasteiger partial charge in [0, 0.05) is 17.7 Å². The molecule has 0 aromatic heterocycles. The van der Waals surface area contributed by atoms with Gasteiger partial charge in [-0.2, -0.15) is 11.8 Å². The molecule has 0 saturated carbocycles. The van der Waals surface area contributed by atoms with E-state index in [4.69, 9.17) is 4.74 Å². The van der Waals surface area contributed by atoms with Gasteiger partial charge >= 0.3 is 5.97 Å². The molecule has 5 heteroatoms. The van der Waals surface area contributed by atoms with Crippen molar-refractivity contribution < 1.29 is 14.3 Å². The molecule has 0 aromatic carbocycles. The predicted octanol–water partition coefficient (Wildman–Crippen LogP) is 6.08. The lowest BCUT2D eigenvalue weighted by atomic mass is 9.65. The summed E-state index contributed by atoms with van der Waals surface area (Å²) in [5, 5.41) is 3.07. The first-order valence-electron chi connectivity index (χ1n) is 11.1. The van der Waals surface area contributed by atoms with E-state index in [1.165, 1.54) is 19.3 Å². The standard InChI is InChI=1S/C24H47NO3S/c1-12-22(6,7)14-13-16-29-17-15-25-19(26)23(8,9)18(2)24(10,11)20(27)28-21(3,4)5/h18H,12-17H2,1-11H3,(H,25,26). The molecule has 0 aliphatic rings. The number of rotatable bonds is 12. The molecule has 0 heterocycles. The Labute approximate surface area is 184 Å². The number of amides is 1. The summed E-state index contributed by atoms with van der Waals surface area (Å²) < 4.78 is 5.59. The summed E-state index contributed by atoms with van der Waals surface area (Å²) in [7, 11) is 0. The summed E-state index contributed by atoms with van der Waals surface area (Å²) in [5.74, 6) is 1.61. The Morgan fingerprint density at radius 3 is 1.97 bits per heavy atom. The molecule has 0 spiro atoms. The SMILES string of the molecule is CCC(C)(C)CCCSCCNC(=O)C(C)(C)C(C)C(C)(C)C(=O)OC(C)(C)C. The first-order valence-corrected chi connectivity index (χ1v) is 12.2. The zero-order valence-corrected chi connectivity index (χ0v) is 21.8. The fourth-order valence-corrected chi connectivity index (χ4v) is 3.88. The van der Waals surface area contributed by atoms with Crippen LogP contribution in [0.5, 0.6) is 0 Å². The van der Waals surface area contributed by atoms with Gasteiger partial charge in [0.1, 0.15) is 5.60 Å². The number of carbonyl (C=O) groups excluding carboxylic acids is 2. The Morgan fingerprint density at radius 1 is 0.931 bits per heavy atom. The van der Waals surface area contributed by atoms with Crippen LogP contribution in [0.1, 0.15) is 95.4 Å². The molecule has 172 valence electrons. The number of nitrogens with one attached hydrogen (secondary N) is 1. The lowest BCUT2D eigenvalue weighted by molar-refractivity contribution is -0.172. The molecule has 0 aliphatic heterocycles. The highest BCUT2D eigenvalue weighted by molar-refractivity contribution is 7.99. The molecule has 0 saturated heterocycles. The van der Waals surface area contributed by atoms with E-state index in [0.29, 0.717) is 12.0 Å². The molecule has 0 aromatic rings. The van der Waals surface area contributed by atoms with Gasteiger partial charge < -0.3 is 10.1 Å². The smallest absolute Gasteiger partial charge is 0.312 e. The molecule has 29 heavy (non-hydrogen) atoms. The van der Waals surface area contributed by atoms with Gasteiger partial charge in [0.25, 0.3) is 0 Å². The maximum absolute atomic E-state index is 12.8. The van der Waals surface area contributed by atoms with Crippen molar-refractivity contribution in [2.75, 3.05) is 18.1 Å². The van der Waals surface area contributed by atoms with Crippen LogP contribution in [0, 0.1) is 22.2 Å². The lowest BCUT2D eigenvalue weighted by Crippen LogP contribution is -2.49. The van der Waals surface area contributed by atoms with Crippen LogP contribution in [-0.4, -0.2) is 35.5 Å². The Kier molecular flexibility index (Phi) is 10.8. The van der Waals surface area contributed by atoms with Gasteiger partial charge in [-0.3, -0.25) is 9.59 Å². The molecule has 1 atom stereocenters. The zero-order chi connectivity index (χ0) is 23.1. The third-order valence-electron chi connectivity index (χ3n) is 6.31. The van der Waals surface area contributed by atoms with Crippen molar-refractivity contribution >= 4 is 23.6 Å². The highest BCUT2D eigenvalue weighted by Crippen LogP contribution is 2.42. The van der Waals surface area contributed by atoms with E-state index in [-0.39, 0.29) is 17.8 Å². The van der Waals surface area contributed by atoms with Gasteiger partial charge in [-0.05, 0) is 64.5 Å². The van der Waals surface area contributed by atoms with Gasteiger partial charge in [-0.15, -0.1) is 0 Å². The molecule has 1 unspecified atom stereocenters. The second-order valence-electron chi connectivity index (χ2n) is 11.2. The largest absolute Gasteiger partial charge is 0.460 e. The van der Waals surface area contributed by atoms with Gasteiger partial charge in [0.2, 0.25) is 5.91 Å². The first-order chi connectivity index (χ1) is 13.0. The fourth-order valence-electron chi connectivity index (χ4n) is 3.08. The summed E-state index contributed by atoms with van der Waals surface area (Å²) in [6.07, 6.45) is 3.67. The Balaban J connectivity index is 4.54. The van der Waals surface area contributed by atoms with Gasteiger partial charge in [-0.25, -0.2) is 0 Å². The fraction of sp³-hybridized carbons (Fsp3) is 0.917. The van der Waals surface area contributed by atoms with E-state index in [1.807, 2.05) is 67.2 Å². The minimum Gasteiger partial charge on any atom is -0.460 e. The van der Waals surface area contributed by atoms with E-state index in [2.05, 4.69) is 26.1 Å². The highest BCUT2D eigenvalue weighted by Gasteiger charge is 2.47. The zero-order valence-electron chi connectivity index (χ0n) is 21.0. The van der Waals surface area contributed by atoms with E-state index in [0.717, 1.165) is 11.5 Å². The lowest BCUT2D eigenvalue weighted by Gasteiger charge is -2.41. The van der Waals surface area contributed by atoms with E-state index in [9.17, 15) is 9.59 Å². The van der Waals surface area contributed by atoms with Crippen LogP contribution < -0.4 is 5.32 Å². The van der Waals surface area contributed by atoms with Crippen molar-refractivity contribution in [3.63, 3.8) is 0 Å². The molecule has 0 rings (SSSR count). The van der Waals surface area contributed by atoms with Gasteiger partial charge in [0.15, 0.2) is 0 Å². The maximum atomic E-state index is 12.8. The average Bonchev–Trinajstić information content (AvgIpc) is 2.58. The molecular weight excluding hydrogens is 382 g/mol. The second-order valence-corrected chi connectivity index (χ2v) is 12.4. The predicted molar refractivity (Wildman–Crippen MR) is 126 cm³/mol. The number of carbonyl (C=O) groups is 2. The van der Waals surface area contributed by atoms with Crippen molar-refractivity contribution in [1.82, 2.24) is 5.32 Å². The second kappa shape index (κ2) is 11.1. The summed E-state index contributed by atoms with van der Waals surface area (Å²) >= 11 is 1.89. The van der Waals surface area contributed by atoms with E-state index in [1.54, 1.807) is 0 Å². The van der Waals surface area contributed by atoms with Crippen LogP contribution in [0.4, 0.5) is 0 Å². The maximum Gasteiger partial charge on any atom is 0.312 e. The van der Waals surface area contributed by atoms with E-state index < -0.39 is 16.4 Å². The van der Waals surface area contributed by atoms with Crippen molar-refractivity contribution in [3.05, 3.63) is 0 Å². The molecule has 1 amide bonds. The van der Waals surface area contributed by atoms with Crippen molar-refractivity contribution in [2.24, 2.45) is 22.2 Å². The molecule has 0 fully saturated rings. The molecule has 0 bridgehead atoms. The average molecular weight is 430 g/mol. The van der Waals surface area contributed by atoms with E-state index >= 15 is 0 Å². The number of thioether (sulfide) groups is 1. The summed E-state index contributed by atoms with van der Waals surface area (Å²) in [4.78, 5) is 25.5. The van der Waals surface area contributed by atoms with Crippen LogP contribution in [-0.2, 0) is 14.3 Å². The molecule has 1 N–H and O–H groups in total. The van der Waals surface area contributed by atoms with Gasteiger partial charge in [0.05, 0.1) is 5.41 Å². The number of esters is 1. The number of hydrogen-bond donors (Lipinski definition) is 1. The van der Waals surface area contributed by atoms with Crippen molar-refractivity contribution in [3.8, 4) is 0 Å². The summed E-state index contributed by atoms with van der Waals surface area (Å²) in [6, 6.07) is 0. The van der Waals surface area contributed by atoms with Crippen LogP contribution in [0.3, 0.4) is 0 Å². The van der Waals surface area contributed by atoms with Crippen LogP contribution in [0.25, 0.3) is 0 Å². The normalized spacial score (nSPS) is 14.4. The number of hydrogen-bond acceptors (Lipinski definition) is 4. The quantitative estimate of drug-likeness (QED) is 0.301. The Morgan fingerprint density at radius 2 is 1.48 bits per heavy atom. The third kappa shape index (κ3) is 9.76. The minimum atomic E-state index is -0.755. The monoisotopic (exact) mass is 429 g/mol. The first kappa shape index (κ1) is 28.3.